The molecule has 0 unspecified atom stereocenters. The summed E-state index contributed by atoms with van der Waals surface area (Å²) in [5, 5.41) is 9.04. The molecule has 0 amide bonds. The molecule has 0 spiro atoms. The van der Waals surface area contributed by atoms with Crippen LogP contribution in [0.15, 0.2) is 18.5 Å². The summed E-state index contributed by atoms with van der Waals surface area (Å²) in [6, 6.07) is 1.74. The highest BCUT2D eigenvalue weighted by molar-refractivity contribution is 5.81. The number of carboxylic acids is 1. The minimum Gasteiger partial charge on any atom is -0.481 e. The van der Waals surface area contributed by atoms with Crippen LogP contribution >= 0.6 is 0 Å². The van der Waals surface area contributed by atoms with Crippen molar-refractivity contribution in [1.29, 1.82) is 0 Å². The summed E-state index contributed by atoms with van der Waals surface area (Å²) >= 11 is 0. The van der Waals surface area contributed by atoms with Crippen LogP contribution in [0.2, 0.25) is 0 Å². The average molecular weight is 205 g/mol. The summed E-state index contributed by atoms with van der Waals surface area (Å²) in [7, 11) is 0. The van der Waals surface area contributed by atoms with E-state index >= 15 is 0 Å². The van der Waals surface area contributed by atoms with Gasteiger partial charge >= 0.3 is 5.97 Å². The van der Waals surface area contributed by atoms with Crippen LogP contribution in [0.4, 0.5) is 0 Å². The number of carbonyl (C=O) groups is 1. The Morgan fingerprint density at radius 2 is 2.27 bits per heavy atom. The molecule has 0 aromatic carbocycles. The third-order valence-corrected chi connectivity index (χ3v) is 2.41. The third kappa shape index (κ3) is 1.45. The molecular formula is C10H11N3O2. The minimum absolute atomic E-state index is 0.443. The van der Waals surface area contributed by atoms with Gasteiger partial charge in [0.15, 0.2) is 0 Å². The van der Waals surface area contributed by atoms with Crippen LogP contribution < -0.4 is 0 Å². The number of nitrogens with zero attached hydrogens (tertiary/aromatic N) is 2. The Morgan fingerprint density at radius 1 is 1.53 bits per heavy atom. The molecule has 0 aliphatic carbocycles. The molecule has 78 valence electrons. The van der Waals surface area contributed by atoms with Gasteiger partial charge in [-0.25, -0.2) is 4.98 Å². The standard InChI is InChI=1S/C10H11N3O2/c1-10(2,9(14)15)8-12-6-3-4-11-5-7(6)13-8/h3-5H,1-2H3,(H,12,13)(H,14,15). The van der Waals surface area contributed by atoms with Gasteiger partial charge < -0.3 is 10.1 Å². The van der Waals surface area contributed by atoms with Gasteiger partial charge in [0.2, 0.25) is 0 Å². The van der Waals surface area contributed by atoms with Gasteiger partial charge in [0.1, 0.15) is 11.2 Å². The molecule has 2 heterocycles. The predicted octanol–water partition coefficient (Wildman–Crippen LogP) is 1.32. The Labute approximate surface area is 86.2 Å². The number of fused-ring (bicyclic) bond motifs is 1. The molecule has 0 aliphatic heterocycles. The first-order chi connectivity index (χ1) is 7.01. The maximum Gasteiger partial charge on any atom is 0.316 e. The number of carboxylic acid groups (broad SMARTS) is 1. The number of imidazole rings is 1. The van der Waals surface area contributed by atoms with Gasteiger partial charge in [-0.05, 0) is 19.9 Å². The highest BCUT2D eigenvalue weighted by Crippen LogP contribution is 2.22. The number of aromatic nitrogens is 3. The topological polar surface area (TPSA) is 78.9 Å². The molecule has 2 aromatic rings. The highest BCUT2D eigenvalue weighted by atomic mass is 16.4. The minimum atomic E-state index is -1.01. The molecule has 15 heavy (non-hydrogen) atoms. The van der Waals surface area contributed by atoms with E-state index in [9.17, 15) is 4.79 Å². The molecule has 0 radical (unpaired) electrons. The maximum absolute atomic E-state index is 11.0. The summed E-state index contributed by atoms with van der Waals surface area (Å²) in [4.78, 5) is 22.1. The molecular weight excluding hydrogens is 194 g/mol. The van der Waals surface area contributed by atoms with E-state index in [4.69, 9.17) is 5.11 Å². The van der Waals surface area contributed by atoms with Crippen LogP contribution in [-0.4, -0.2) is 26.0 Å². The normalized spacial score (nSPS) is 11.9. The van der Waals surface area contributed by atoms with E-state index in [1.165, 1.54) is 0 Å². The molecule has 2 aromatic heterocycles. The first kappa shape index (κ1) is 9.64. The SMILES string of the molecule is CC(C)(C(=O)O)c1nc2ccncc2[nH]1. The average Bonchev–Trinajstić information content (AvgIpc) is 2.61. The van der Waals surface area contributed by atoms with Crippen molar-refractivity contribution in [3.8, 4) is 0 Å². The Kier molecular flexibility index (Phi) is 1.96. The van der Waals surface area contributed by atoms with E-state index in [0.29, 0.717) is 5.82 Å². The monoisotopic (exact) mass is 205 g/mol. The van der Waals surface area contributed by atoms with Crippen LogP contribution in [-0.2, 0) is 10.2 Å². The number of aliphatic carboxylic acids is 1. The van der Waals surface area contributed by atoms with Crippen molar-refractivity contribution in [2.75, 3.05) is 0 Å². The lowest BCUT2D eigenvalue weighted by Crippen LogP contribution is -2.29. The fraction of sp³-hybridized carbons (Fsp3) is 0.300. The summed E-state index contributed by atoms with van der Waals surface area (Å²) in [6.07, 6.45) is 3.25. The van der Waals surface area contributed by atoms with Crippen LogP contribution in [0.5, 0.6) is 0 Å². The molecule has 0 bridgehead atoms. The number of H-pyrrole nitrogens is 1. The van der Waals surface area contributed by atoms with E-state index in [1.54, 1.807) is 32.3 Å². The molecule has 0 atom stereocenters. The second-order valence-electron chi connectivity index (χ2n) is 3.91. The lowest BCUT2D eigenvalue weighted by atomic mass is 9.93. The van der Waals surface area contributed by atoms with Crippen molar-refractivity contribution in [2.24, 2.45) is 0 Å². The van der Waals surface area contributed by atoms with Crippen molar-refractivity contribution >= 4 is 17.0 Å². The van der Waals surface area contributed by atoms with Crippen molar-refractivity contribution < 1.29 is 9.90 Å². The Hall–Kier alpha value is -1.91. The fourth-order valence-corrected chi connectivity index (χ4v) is 1.25. The molecule has 5 nitrogen and oxygen atoms in total. The van der Waals surface area contributed by atoms with E-state index in [-0.39, 0.29) is 0 Å². The van der Waals surface area contributed by atoms with Crippen LogP contribution in [0.3, 0.4) is 0 Å². The quantitative estimate of drug-likeness (QED) is 0.774. The lowest BCUT2D eigenvalue weighted by Gasteiger charge is -2.15. The highest BCUT2D eigenvalue weighted by Gasteiger charge is 2.32. The van der Waals surface area contributed by atoms with Crippen LogP contribution in [0.25, 0.3) is 11.0 Å². The summed E-state index contributed by atoms with van der Waals surface area (Å²) in [5.74, 6) is -0.465. The van der Waals surface area contributed by atoms with E-state index in [1.807, 2.05) is 0 Å². The fourth-order valence-electron chi connectivity index (χ4n) is 1.25. The van der Waals surface area contributed by atoms with E-state index in [2.05, 4.69) is 15.0 Å². The van der Waals surface area contributed by atoms with Gasteiger partial charge in [-0.15, -0.1) is 0 Å². The molecule has 0 saturated carbocycles. The van der Waals surface area contributed by atoms with Crippen molar-refractivity contribution in [1.82, 2.24) is 15.0 Å². The maximum atomic E-state index is 11.0. The Balaban J connectivity index is 2.58. The largest absolute Gasteiger partial charge is 0.481 e. The smallest absolute Gasteiger partial charge is 0.316 e. The second kappa shape index (κ2) is 3.05. The van der Waals surface area contributed by atoms with E-state index < -0.39 is 11.4 Å². The van der Waals surface area contributed by atoms with Gasteiger partial charge in [0.25, 0.3) is 0 Å². The number of hydrogen-bond acceptors (Lipinski definition) is 3. The molecule has 0 saturated heterocycles. The molecule has 0 fully saturated rings. The first-order valence-corrected chi connectivity index (χ1v) is 4.55. The first-order valence-electron chi connectivity index (χ1n) is 4.55. The van der Waals surface area contributed by atoms with Gasteiger partial charge in [-0.1, -0.05) is 0 Å². The summed E-state index contributed by atoms with van der Waals surface area (Å²) < 4.78 is 0. The lowest BCUT2D eigenvalue weighted by molar-refractivity contribution is -0.142. The molecule has 2 rings (SSSR count). The van der Waals surface area contributed by atoms with Gasteiger partial charge in [-0.2, -0.15) is 0 Å². The van der Waals surface area contributed by atoms with Crippen molar-refractivity contribution in [2.45, 2.75) is 19.3 Å². The Bertz CT molecular complexity index is 483. The summed E-state index contributed by atoms with van der Waals surface area (Å²) in [5.41, 5.74) is 0.468. The number of pyridine rings is 1. The summed E-state index contributed by atoms with van der Waals surface area (Å²) in [6.45, 7) is 3.22. The van der Waals surface area contributed by atoms with Crippen LogP contribution in [0.1, 0.15) is 19.7 Å². The number of nitrogens with one attached hydrogen (secondary N) is 1. The molecule has 0 aliphatic rings. The van der Waals surface area contributed by atoms with Crippen LogP contribution in [0, 0.1) is 0 Å². The molecule has 2 N–H and O–H groups in total. The van der Waals surface area contributed by atoms with Crippen molar-refractivity contribution in [3.63, 3.8) is 0 Å². The van der Waals surface area contributed by atoms with Crippen molar-refractivity contribution in [3.05, 3.63) is 24.3 Å². The zero-order chi connectivity index (χ0) is 11.1. The number of rotatable bonds is 2. The number of hydrogen-bond donors (Lipinski definition) is 2. The zero-order valence-electron chi connectivity index (χ0n) is 8.48. The third-order valence-electron chi connectivity index (χ3n) is 2.41. The van der Waals surface area contributed by atoms with E-state index in [0.717, 1.165) is 11.0 Å². The predicted molar refractivity (Wildman–Crippen MR) is 54.6 cm³/mol. The van der Waals surface area contributed by atoms with Gasteiger partial charge in [0.05, 0.1) is 17.2 Å². The zero-order valence-corrected chi connectivity index (χ0v) is 8.48. The second-order valence-corrected chi connectivity index (χ2v) is 3.91. The van der Waals surface area contributed by atoms with Gasteiger partial charge in [-0.3, -0.25) is 9.78 Å². The van der Waals surface area contributed by atoms with Gasteiger partial charge in [0, 0.05) is 6.20 Å². The molecule has 5 heteroatoms. The Morgan fingerprint density at radius 3 is 2.87 bits per heavy atom. The number of aromatic amines is 1.